The SMILES string of the molecule is C.CC(=O)N1CCC[C@@H]1Cn1cc(-c2ccc(Oc3cc(F)cc(OCc4cnc(C)nc4)c3)cc2)c2c(N)ncnc21.Cc1ncc(COc2cc(F)cc(Oc3ccc(-c4cn(C[C@H]5CCCN5)c5ncnc(N)c45)cc3)c2)cn1. The molecule has 8 heterocycles. The van der Waals surface area contributed by atoms with Crippen LogP contribution in [0.1, 0.15) is 62.8 Å². The molecule has 0 unspecified atom stereocenters. The summed E-state index contributed by atoms with van der Waals surface area (Å²) in [5.41, 5.74) is 19.4. The van der Waals surface area contributed by atoms with E-state index in [1.807, 2.05) is 66.6 Å². The molecule has 19 nitrogen and oxygen atoms in total. The Morgan fingerprint density at radius 2 is 1.06 bits per heavy atom. The van der Waals surface area contributed by atoms with Crippen LogP contribution in [0.4, 0.5) is 20.4 Å². The number of anilines is 2. The third kappa shape index (κ3) is 13.0. The number of fused-ring (bicyclic) bond motifs is 2. The average molecular weight is 1110 g/mol. The largest absolute Gasteiger partial charge is 0.489 e. The van der Waals surface area contributed by atoms with Crippen LogP contribution in [0, 0.1) is 25.5 Å². The summed E-state index contributed by atoms with van der Waals surface area (Å²) in [7, 11) is 0. The van der Waals surface area contributed by atoms with Gasteiger partial charge in [-0.15, -0.1) is 0 Å². The van der Waals surface area contributed by atoms with Crippen LogP contribution >= 0.6 is 0 Å². The van der Waals surface area contributed by atoms with Crippen molar-refractivity contribution in [3.8, 4) is 56.8 Å². The third-order valence-corrected chi connectivity index (χ3v) is 14.1. The first-order valence-corrected chi connectivity index (χ1v) is 26.5. The third-order valence-electron chi connectivity index (χ3n) is 14.1. The molecule has 2 fully saturated rings. The van der Waals surface area contributed by atoms with Gasteiger partial charge in [0, 0.05) is 134 Å². The van der Waals surface area contributed by atoms with Crippen LogP contribution in [0.5, 0.6) is 34.5 Å². The van der Waals surface area contributed by atoms with E-state index in [0.29, 0.717) is 70.4 Å². The van der Waals surface area contributed by atoms with Crippen molar-refractivity contribution in [1.82, 2.24) is 59.2 Å². The summed E-state index contributed by atoms with van der Waals surface area (Å²) in [6.07, 6.45) is 18.0. The Labute approximate surface area is 472 Å². The van der Waals surface area contributed by atoms with Gasteiger partial charge in [0.15, 0.2) is 0 Å². The molecule has 2 atom stereocenters. The number of hydrogen-bond donors (Lipinski definition) is 3. The van der Waals surface area contributed by atoms with Crippen molar-refractivity contribution in [1.29, 1.82) is 0 Å². The molecule has 0 spiro atoms. The van der Waals surface area contributed by atoms with E-state index < -0.39 is 11.6 Å². The van der Waals surface area contributed by atoms with Gasteiger partial charge in [-0.05, 0) is 81.5 Å². The van der Waals surface area contributed by atoms with Gasteiger partial charge in [0.05, 0.1) is 10.8 Å². The van der Waals surface area contributed by atoms with E-state index in [9.17, 15) is 13.6 Å². The molecule has 4 aromatic carbocycles. The second-order valence-electron chi connectivity index (χ2n) is 20.0. The highest BCUT2D eigenvalue weighted by atomic mass is 19.1. The predicted molar refractivity (Wildman–Crippen MR) is 308 cm³/mol. The number of rotatable bonds is 16. The monoisotopic (exact) mass is 1110 g/mol. The molecule has 6 aromatic heterocycles. The molecule has 0 saturated carbocycles. The minimum atomic E-state index is -0.479. The van der Waals surface area contributed by atoms with Gasteiger partial charge in [-0.25, -0.2) is 48.7 Å². The second-order valence-corrected chi connectivity index (χ2v) is 20.0. The maximum Gasteiger partial charge on any atom is 0.219 e. The zero-order valence-electron chi connectivity index (χ0n) is 44.8. The lowest BCUT2D eigenvalue weighted by atomic mass is 10.1. The lowest BCUT2D eigenvalue weighted by Crippen LogP contribution is -2.36. The fourth-order valence-corrected chi connectivity index (χ4v) is 10.2. The van der Waals surface area contributed by atoms with Crippen molar-refractivity contribution in [3.05, 3.63) is 169 Å². The van der Waals surface area contributed by atoms with E-state index >= 15 is 0 Å². The van der Waals surface area contributed by atoms with Crippen LogP contribution in [0.25, 0.3) is 44.3 Å². The van der Waals surface area contributed by atoms with Crippen LogP contribution in [-0.4, -0.2) is 85.0 Å². The molecule has 420 valence electrons. The Kier molecular flexibility index (Phi) is 16.8. The molecular formula is C61H62F2N14O5. The first-order chi connectivity index (χ1) is 39.3. The first kappa shape index (κ1) is 55.7. The second kappa shape index (κ2) is 24.8. The van der Waals surface area contributed by atoms with E-state index in [2.05, 4.69) is 60.5 Å². The fourth-order valence-electron chi connectivity index (χ4n) is 10.2. The number of carbonyl (C=O) groups is 1. The Morgan fingerprint density at radius 3 is 1.51 bits per heavy atom. The van der Waals surface area contributed by atoms with E-state index in [1.165, 1.54) is 43.3 Å². The number of amides is 1. The highest BCUT2D eigenvalue weighted by molar-refractivity contribution is 6.01. The first-order valence-electron chi connectivity index (χ1n) is 26.5. The quantitative estimate of drug-likeness (QED) is 0.0816. The number of halogens is 2. The molecule has 82 heavy (non-hydrogen) atoms. The minimum Gasteiger partial charge on any atom is -0.489 e. The molecular weight excluding hydrogens is 1050 g/mol. The van der Waals surface area contributed by atoms with Gasteiger partial charge >= 0.3 is 0 Å². The van der Waals surface area contributed by atoms with Gasteiger partial charge < -0.3 is 49.8 Å². The Balaban J connectivity index is 0.000000182. The number of benzene rings is 4. The molecule has 2 aliphatic heterocycles. The van der Waals surface area contributed by atoms with Crippen molar-refractivity contribution < 1.29 is 32.5 Å². The molecule has 21 heteroatoms. The van der Waals surface area contributed by atoms with E-state index in [1.54, 1.807) is 50.8 Å². The smallest absolute Gasteiger partial charge is 0.219 e. The summed E-state index contributed by atoms with van der Waals surface area (Å²) in [6, 6.07) is 24.0. The topological polar surface area (TPSA) is 234 Å². The number of nitrogens with zero attached hydrogens (tertiary/aromatic N) is 11. The van der Waals surface area contributed by atoms with Crippen LogP contribution in [0.15, 0.2) is 135 Å². The standard InChI is InChI=1S/C31H30FN7O3.C29H28FN7O2.CH4/c1-19-34-13-21(14-35-19)17-41-26-10-23(32)11-27(12-26)42-25-7-5-22(6-8-25)28-16-38(31-29(28)30(33)36-18-37-31)15-24-4-3-9-39(24)20(2)40;1-18-33-12-19(13-34-18)16-38-24-9-21(30)10-25(11-24)39-23-6-4-20(5-7-23)26-15-37(14-22-3-2-8-32-22)29-27(26)28(31)35-17-36-29;/h5-8,10-14,16,18,24H,3-4,9,15,17H2,1-2H3,(H2,33,36,37);4-7,9-13,15,17,22,32H,2-3,8,14,16H2,1H3,(H2,31,35,36);1H4/t24-;22-;/m11./s1. The van der Waals surface area contributed by atoms with Gasteiger partial charge in [-0.1, -0.05) is 31.7 Å². The van der Waals surface area contributed by atoms with Crippen molar-refractivity contribution in [2.24, 2.45) is 0 Å². The van der Waals surface area contributed by atoms with Gasteiger partial charge in [-0.3, -0.25) is 4.79 Å². The number of aromatic nitrogens is 10. The molecule has 2 saturated heterocycles. The van der Waals surface area contributed by atoms with Crippen LogP contribution < -0.4 is 35.7 Å². The average Bonchev–Trinajstić information content (AvgIpc) is 3.36. The number of ether oxygens (including phenoxy) is 4. The van der Waals surface area contributed by atoms with Crippen LogP contribution in [-0.2, 0) is 31.1 Å². The van der Waals surface area contributed by atoms with Gasteiger partial charge in [0.2, 0.25) is 5.91 Å². The van der Waals surface area contributed by atoms with Crippen LogP contribution in [0.2, 0.25) is 0 Å². The summed E-state index contributed by atoms with van der Waals surface area (Å²) in [5.74, 6) is 3.71. The summed E-state index contributed by atoms with van der Waals surface area (Å²) < 4.78 is 56.3. The van der Waals surface area contributed by atoms with E-state index in [-0.39, 0.29) is 32.6 Å². The zero-order valence-corrected chi connectivity index (χ0v) is 44.8. The molecule has 2 aliphatic rings. The van der Waals surface area contributed by atoms with Crippen molar-refractivity contribution in [3.63, 3.8) is 0 Å². The number of likely N-dealkylation sites (tertiary alicyclic amines) is 1. The van der Waals surface area contributed by atoms with Crippen molar-refractivity contribution >= 4 is 39.6 Å². The van der Waals surface area contributed by atoms with Crippen molar-refractivity contribution in [2.45, 2.75) is 92.3 Å². The predicted octanol–water partition coefficient (Wildman–Crippen LogP) is 11.0. The molecule has 12 rings (SSSR count). The number of carbonyl (C=O) groups excluding carboxylic acids is 1. The Hall–Kier alpha value is -9.63. The van der Waals surface area contributed by atoms with E-state index in [0.717, 1.165) is 94.3 Å². The summed E-state index contributed by atoms with van der Waals surface area (Å²) in [5, 5.41) is 5.12. The van der Waals surface area contributed by atoms with Gasteiger partial charge in [0.1, 0.15) is 107 Å². The molecule has 1 amide bonds. The highest BCUT2D eigenvalue weighted by Gasteiger charge is 2.28. The number of aryl methyl sites for hydroxylation is 2. The normalized spacial score (nSPS) is 14.8. The maximum atomic E-state index is 14.4. The number of hydrogen-bond acceptors (Lipinski definition) is 16. The maximum absolute atomic E-state index is 14.4. The fraction of sp³-hybridized carbons (Fsp3) is 0.262. The highest BCUT2D eigenvalue weighted by Crippen LogP contribution is 2.38. The van der Waals surface area contributed by atoms with Crippen LogP contribution in [0.3, 0.4) is 0 Å². The van der Waals surface area contributed by atoms with Crippen molar-refractivity contribution in [2.75, 3.05) is 24.6 Å². The lowest BCUT2D eigenvalue weighted by molar-refractivity contribution is -0.129. The summed E-state index contributed by atoms with van der Waals surface area (Å²) >= 11 is 0. The zero-order chi connectivity index (χ0) is 56.0. The minimum absolute atomic E-state index is 0. The number of nitrogens with one attached hydrogen (secondary N) is 1. The van der Waals surface area contributed by atoms with Gasteiger partial charge in [-0.2, -0.15) is 0 Å². The molecule has 0 radical (unpaired) electrons. The molecule has 10 aromatic rings. The summed E-state index contributed by atoms with van der Waals surface area (Å²) in [4.78, 5) is 48.1. The lowest BCUT2D eigenvalue weighted by Gasteiger charge is -2.23. The van der Waals surface area contributed by atoms with Gasteiger partial charge in [0.25, 0.3) is 0 Å². The number of nitrogen functional groups attached to an aromatic ring is 2. The molecule has 5 N–H and O–H groups in total. The molecule has 0 aliphatic carbocycles. The Bertz CT molecular complexity index is 3840. The Morgan fingerprint density at radius 1 is 0.598 bits per heavy atom. The number of nitrogens with two attached hydrogens (primary N) is 2. The van der Waals surface area contributed by atoms with E-state index in [4.69, 9.17) is 30.4 Å². The summed E-state index contributed by atoms with van der Waals surface area (Å²) in [6.45, 7) is 8.88. The molecule has 0 bridgehead atoms.